The molecule has 0 spiro atoms. The first-order valence-corrected chi connectivity index (χ1v) is 9.07. The molecule has 2 aromatic carbocycles. The van der Waals surface area contributed by atoms with Crippen LogP contribution in [0.4, 0.5) is 11.4 Å². The van der Waals surface area contributed by atoms with Gasteiger partial charge in [0.15, 0.2) is 0 Å². The van der Waals surface area contributed by atoms with Crippen molar-refractivity contribution in [3.63, 3.8) is 0 Å². The summed E-state index contributed by atoms with van der Waals surface area (Å²) in [5.41, 5.74) is 2.69. The Balaban J connectivity index is 1.51. The van der Waals surface area contributed by atoms with Crippen molar-refractivity contribution in [2.24, 2.45) is 0 Å². The van der Waals surface area contributed by atoms with Crippen molar-refractivity contribution in [3.05, 3.63) is 54.1 Å². The molecule has 0 bridgehead atoms. The lowest BCUT2D eigenvalue weighted by atomic mass is 10.2. The molecular weight excluding hydrogens is 342 g/mol. The number of methoxy groups -OCH3 is 1. The topological polar surface area (TPSA) is 61.9 Å². The summed E-state index contributed by atoms with van der Waals surface area (Å²) in [5.74, 6) is 0.887. The standard InChI is InChI=1S/C21H25N3O3/c1-23(14-16-5-3-6-19(13-16)27-2)15-20(25)22-17-8-10-18(11-9-17)24-12-4-7-21(24)26/h3,5-6,8-11,13H,4,7,12,14-15H2,1-2H3,(H,22,25). The molecule has 0 radical (unpaired) electrons. The summed E-state index contributed by atoms with van der Waals surface area (Å²) in [4.78, 5) is 27.8. The number of rotatable bonds is 7. The van der Waals surface area contributed by atoms with Gasteiger partial charge in [-0.2, -0.15) is 0 Å². The molecule has 0 aliphatic carbocycles. The second kappa shape index (κ2) is 8.68. The highest BCUT2D eigenvalue weighted by atomic mass is 16.5. The van der Waals surface area contributed by atoms with Gasteiger partial charge in [0.1, 0.15) is 5.75 Å². The fourth-order valence-corrected chi connectivity index (χ4v) is 3.23. The van der Waals surface area contributed by atoms with E-state index in [0.717, 1.165) is 35.7 Å². The fraction of sp³-hybridized carbons (Fsp3) is 0.333. The minimum absolute atomic E-state index is 0.0783. The summed E-state index contributed by atoms with van der Waals surface area (Å²) >= 11 is 0. The highest BCUT2D eigenvalue weighted by Crippen LogP contribution is 2.23. The van der Waals surface area contributed by atoms with Crippen LogP contribution in [0.1, 0.15) is 18.4 Å². The lowest BCUT2D eigenvalue weighted by Gasteiger charge is -2.18. The van der Waals surface area contributed by atoms with E-state index in [1.165, 1.54) is 0 Å². The molecule has 6 heteroatoms. The van der Waals surface area contributed by atoms with E-state index in [4.69, 9.17) is 4.74 Å². The molecule has 0 aromatic heterocycles. The summed E-state index contributed by atoms with van der Waals surface area (Å²) in [6, 6.07) is 15.2. The van der Waals surface area contributed by atoms with Crippen LogP contribution in [0, 0.1) is 0 Å². The molecule has 27 heavy (non-hydrogen) atoms. The highest BCUT2D eigenvalue weighted by molar-refractivity contribution is 5.96. The van der Waals surface area contributed by atoms with Gasteiger partial charge < -0.3 is 15.0 Å². The molecular formula is C21H25N3O3. The number of amides is 2. The van der Waals surface area contributed by atoms with Gasteiger partial charge in [0.25, 0.3) is 0 Å². The quantitative estimate of drug-likeness (QED) is 0.817. The van der Waals surface area contributed by atoms with E-state index in [9.17, 15) is 9.59 Å². The van der Waals surface area contributed by atoms with Crippen LogP contribution in [0.3, 0.4) is 0 Å². The second-order valence-electron chi connectivity index (χ2n) is 6.77. The zero-order valence-electron chi connectivity index (χ0n) is 15.8. The van der Waals surface area contributed by atoms with Crippen molar-refractivity contribution < 1.29 is 14.3 Å². The van der Waals surface area contributed by atoms with Crippen LogP contribution in [0.15, 0.2) is 48.5 Å². The van der Waals surface area contributed by atoms with Crippen LogP contribution in [0.25, 0.3) is 0 Å². The van der Waals surface area contributed by atoms with Crippen molar-refractivity contribution in [1.82, 2.24) is 4.90 Å². The van der Waals surface area contributed by atoms with Gasteiger partial charge in [-0.25, -0.2) is 0 Å². The van der Waals surface area contributed by atoms with Crippen LogP contribution in [0.2, 0.25) is 0 Å². The van der Waals surface area contributed by atoms with E-state index in [0.29, 0.717) is 13.0 Å². The number of carbonyl (C=O) groups is 2. The van der Waals surface area contributed by atoms with Gasteiger partial charge in [0.05, 0.1) is 13.7 Å². The Morgan fingerprint density at radius 2 is 2.00 bits per heavy atom. The minimum Gasteiger partial charge on any atom is -0.497 e. The maximum Gasteiger partial charge on any atom is 0.238 e. The van der Waals surface area contributed by atoms with E-state index in [-0.39, 0.29) is 18.4 Å². The number of likely N-dealkylation sites (N-methyl/N-ethyl adjacent to an activating group) is 1. The number of carbonyl (C=O) groups excluding carboxylic acids is 2. The average molecular weight is 367 g/mol. The Labute approximate surface area is 159 Å². The van der Waals surface area contributed by atoms with E-state index < -0.39 is 0 Å². The van der Waals surface area contributed by atoms with Crippen molar-refractivity contribution in [2.75, 3.05) is 37.5 Å². The zero-order valence-corrected chi connectivity index (χ0v) is 15.8. The number of benzene rings is 2. The summed E-state index contributed by atoms with van der Waals surface area (Å²) < 4.78 is 5.23. The Hall–Kier alpha value is -2.86. The first-order chi connectivity index (χ1) is 13.0. The maximum atomic E-state index is 12.3. The van der Waals surface area contributed by atoms with Crippen molar-refractivity contribution in [2.45, 2.75) is 19.4 Å². The van der Waals surface area contributed by atoms with E-state index in [1.807, 2.05) is 60.5 Å². The van der Waals surface area contributed by atoms with Crippen molar-refractivity contribution in [3.8, 4) is 5.75 Å². The number of hydrogen-bond acceptors (Lipinski definition) is 4. The molecule has 2 amide bonds. The monoisotopic (exact) mass is 367 g/mol. The van der Waals surface area contributed by atoms with Gasteiger partial charge in [-0.05, 0) is 55.4 Å². The Bertz CT molecular complexity index is 805. The molecule has 1 N–H and O–H groups in total. The summed E-state index contributed by atoms with van der Waals surface area (Å²) in [5, 5.41) is 2.90. The molecule has 1 heterocycles. The van der Waals surface area contributed by atoms with Gasteiger partial charge in [-0.15, -0.1) is 0 Å². The normalized spacial score (nSPS) is 13.9. The lowest BCUT2D eigenvalue weighted by Crippen LogP contribution is -2.29. The van der Waals surface area contributed by atoms with Crippen LogP contribution in [0.5, 0.6) is 5.75 Å². The van der Waals surface area contributed by atoms with Gasteiger partial charge in [0, 0.05) is 30.9 Å². The van der Waals surface area contributed by atoms with Crippen molar-refractivity contribution in [1.29, 1.82) is 0 Å². The molecule has 1 fully saturated rings. The molecule has 142 valence electrons. The van der Waals surface area contributed by atoms with Gasteiger partial charge >= 0.3 is 0 Å². The van der Waals surface area contributed by atoms with Crippen LogP contribution >= 0.6 is 0 Å². The highest BCUT2D eigenvalue weighted by Gasteiger charge is 2.21. The van der Waals surface area contributed by atoms with Gasteiger partial charge in [0.2, 0.25) is 11.8 Å². The summed E-state index contributed by atoms with van der Waals surface area (Å²) in [6.07, 6.45) is 1.51. The predicted molar refractivity (Wildman–Crippen MR) is 106 cm³/mol. The summed E-state index contributed by atoms with van der Waals surface area (Å²) in [6.45, 7) is 1.70. The van der Waals surface area contributed by atoms with Crippen LogP contribution in [-0.4, -0.2) is 44.0 Å². The van der Waals surface area contributed by atoms with Crippen LogP contribution < -0.4 is 15.0 Å². The molecule has 6 nitrogen and oxygen atoms in total. The number of anilines is 2. The molecule has 0 unspecified atom stereocenters. The van der Waals surface area contributed by atoms with Gasteiger partial charge in [-0.1, -0.05) is 12.1 Å². The third-order valence-corrected chi connectivity index (χ3v) is 4.54. The summed E-state index contributed by atoms with van der Waals surface area (Å²) in [7, 11) is 3.54. The molecule has 0 atom stereocenters. The Kier molecular flexibility index (Phi) is 6.08. The molecule has 1 aliphatic rings. The van der Waals surface area contributed by atoms with E-state index >= 15 is 0 Å². The smallest absolute Gasteiger partial charge is 0.238 e. The molecule has 1 aliphatic heterocycles. The largest absolute Gasteiger partial charge is 0.497 e. The molecule has 2 aromatic rings. The SMILES string of the molecule is COc1cccc(CN(C)CC(=O)Nc2ccc(N3CCCC3=O)cc2)c1. The first kappa shape index (κ1) is 18.9. The Morgan fingerprint density at radius 1 is 1.22 bits per heavy atom. The average Bonchev–Trinajstić information content (AvgIpc) is 3.08. The van der Waals surface area contributed by atoms with Gasteiger partial charge in [-0.3, -0.25) is 14.5 Å². The maximum absolute atomic E-state index is 12.3. The fourth-order valence-electron chi connectivity index (χ4n) is 3.23. The van der Waals surface area contributed by atoms with E-state index in [2.05, 4.69) is 5.32 Å². The second-order valence-corrected chi connectivity index (χ2v) is 6.77. The predicted octanol–water partition coefficient (Wildman–Crippen LogP) is 2.89. The minimum atomic E-state index is -0.0783. The third kappa shape index (κ3) is 5.08. The number of hydrogen-bond donors (Lipinski definition) is 1. The Morgan fingerprint density at radius 3 is 2.67 bits per heavy atom. The van der Waals surface area contributed by atoms with Crippen LogP contribution in [-0.2, 0) is 16.1 Å². The molecule has 0 saturated carbocycles. The number of ether oxygens (including phenoxy) is 1. The molecule has 3 rings (SSSR count). The molecule has 1 saturated heterocycles. The van der Waals surface area contributed by atoms with E-state index in [1.54, 1.807) is 12.0 Å². The van der Waals surface area contributed by atoms with Crippen molar-refractivity contribution >= 4 is 23.2 Å². The zero-order chi connectivity index (χ0) is 19.2. The third-order valence-electron chi connectivity index (χ3n) is 4.54. The number of nitrogens with one attached hydrogen (secondary N) is 1. The lowest BCUT2D eigenvalue weighted by molar-refractivity contribution is -0.117. The number of nitrogens with zero attached hydrogens (tertiary/aromatic N) is 2. The first-order valence-electron chi connectivity index (χ1n) is 9.07.